The van der Waals surface area contributed by atoms with Crippen molar-refractivity contribution < 1.29 is 4.79 Å². The number of hydrogen-bond acceptors (Lipinski definition) is 3. The first-order chi connectivity index (χ1) is 5.63. The van der Waals surface area contributed by atoms with Crippen LogP contribution in [0.25, 0.3) is 0 Å². The first-order valence-corrected chi connectivity index (χ1v) is 4.83. The molecule has 1 unspecified atom stereocenters. The summed E-state index contributed by atoms with van der Waals surface area (Å²) in [5.41, 5.74) is 5.74. The van der Waals surface area contributed by atoms with E-state index in [9.17, 15) is 4.79 Å². The van der Waals surface area contributed by atoms with E-state index in [1.165, 1.54) is 11.3 Å². The molecule has 1 rings (SSSR count). The molecule has 1 aromatic rings. The lowest BCUT2D eigenvalue weighted by Crippen LogP contribution is -2.24. The van der Waals surface area contributed by atoms with E-state index in [1.807, 2.05) is 31.4 Å². The lowest BCUT2D eigenvalue weighted by molar-refractivity contribution is -0.123. The Morgan fingerprint density at radius 2 is 2.25 bits per heavy atom. The first kappa shape index (κ1) is 9.42. The molecule has 0 spiro atoms. The fraction of sp³-hybridized carbons (Fsp3) is 0.444. The number of carbonyl (C=O) groups is 1. The minimum absolute atomic E-state index is 0.0158. The smallest absolute Gasteiger partial charge is 0.157 e. The first-order valence-electron chi connectivity index (χ1n) is 3.95. The molecule has 1 aromatic heterocycles. The van der Waals surface area contributed by atoms with Crippen molar-refractivity contribution in [3.8, 4) is 0 Å². The third kappa shape index (κ3) is 1.93. The van der Waals surface area contributed by atoms with E-state index in [0.29, 0.717) is 0 Å². The van der Waals surface area contributed by atoms with Gasteiger partial charge in [0.2, 0.25) is 0 Å². The molecule has 12 heavy (non-hydrogen) atoms. The van der Waals surface area contributed by atoms with Gasteiger partial charge in [0.05, 0.1) is 6.04 Å². The van der Waals surface area contributed by atoms with Gasteiger partial charge in [0.15, 0.2) is 5.78 Å². The zero-order chi connectivity index (χ0) is 9.14. The molecule has 2 nitrogen and oxygen atoms in total. The molecular formula is C9H13NOS. The van der Waals surface area contributed by atoms with Crippen LogP contribution >= 0.6 is 11.3 Å². The van der Waals surface area contributed by atoms with Gasteiger partial charge in [0.25, 0.3) is 0 Å². The maximum absolute atomic E-state index is 11.4. The second-order valence-electron chi connectivity index (χ2n) is 3.05. The number of Topliss-reactive ketones (excluding diaryl/α,β-unsaturated/α-hetero) is 1. The summed E-state index contributed by atoms with van der Waals surface area (Å²) in [5, 5.41) is 1.93. The fourth-order valence-electron chi connectivity index (χ4n) is 0.968. The predicted octanol–water partition coefficient (Wildman–Crippen LogP) is 1.97. The normalized spacial score (nSPS) is 13.3. The van der Waals surface area contributed by atoms with Crippen LogP contribution in [0.15, 0.2) is 17.5 Å². The molecule has 0 aliphatic carbocycles. The molecule has 0 aliphatic rings. The lowest BCUT2D eigenvalue weighted by atomic mass is 10.0. The summed E-state index contributed by atoms with van der Waals surface area (Å²) in [7, 11) is 0. The zero-order valence-corrected chi connectivity index (χ0v) is 8.10. The third-order valence-corrected chi connectivity index (χ3v) is 2.68. The van der Waals surface area contributed by atoms with E-state index in [-0.39, 0.29) is 11.7 Å². The number of ketones is 1. The van der Waals surface area contributed by atoms with Crippen molar-refractivity contribution in [1.29, 1.82) is 0 Å². The number of rotatable bonds is 3. The highest BCUT2D eigenvalue weighted by atomic mass is 32.1. The average Bonchev–Trinajstić information content (AvgIpc) is 2.53. The summed E-state index contributed by atoms with van der Waals surface area (Å²) in [6, 6.07) is 3.38. The zero-order valence-electron chi connectivity index (χ0n) is 7.28. The Bertz CT molecular complexity index is 254. The van der Waals surface area contributed by atoms with Crippen LogP contribution in [-0.4, -0.2) is 5.78 Å². The van der Waals surface area contributed by atoms with Gasteiger partial charge in [-0.3, -0.25) is 4.79 Å². The molecule has 0 amide bonds. The lowest BCUT2D eigenvalue weighted by Gasteiger charge is -2.10. The molecule has 3 heteroatoms. The summed E-state index contributed by atoms with van der Waals surface area (Å²) in [6.07, 6.45) is 0. The Kier molecular flexibility index (Phi) is 3.00. The Morgan fingerprint density at radius 1 is 1.58 bits per heavy atom. The van der Waals surface area contributed by atoms with E-state index >= 15 is 0 Å². The van der Waals surface area contributed by atoms with E-state index in [1.54, 1.807) is 0 Å². The molecule has 0 fully saturated rings. The van der Waals surface area contributed by atoms with Crippen molar-refractivity contribution in [2.45, 2.75) is 19.9 Å². The van der Waals surface area contributed by atoms with Gasteiger partial charge in [0, 0.05) is 10.8 Å². The van der Waals surface area contributed by atoms with Gasteiger partial charge in [-0.25, -0.2) is 0 Å². The molecule has 0 saturated carbocycles. The average molecular weight is 183 g/mol. The summed E-state index contributed by atoms with van der Waals surface area (Å²) < 4.78 is 0. The summed E-state index contributed by atoms with van der Waals surface area (Å²) in [6.45, 7) is 3.74. The van der Waals surface area contributed by atoms with Gasteiger partial charge in [-0.2, -0.15) is 0 Å². The van der Waals surface area contributed by atoms with Crippen molar-refractivity contribution in [3.05, 3.63) is 22.4 Å². The van der Waals surface area contributed by atoms with Gasteiger partial charge in [-0.15, -0.1) is 11.3 Å². The third-order valence-electron chi connectivity index (χ3n) is 1.73. The molecule has 2 N–H and O–H groups in total. The Morgan fingerprint density at radius 3 is 2.67 bits per heavy atom. The Balaban J connectivity index is 2.72. The predicted molar refractivity (Wildman–Crippen MR) is 51.1 cm³/mol. The molecule has 0 saturated heterocycles. The number of carbonyl (C=O) groups excluding carboxylic acids is 1. The number of thiophene rings is 1. The van der Waals surface area contributed by atoms with Gasteiger partial charge in [-0.1, -0.05) is 19.9 Å². The molecule has 1 atom stereocenters. The highest BCUT2D eigenvalue weighted by Gasteiger charge is 2.18. The van der Waals surface area contributed by atoms with Crippen LogP contribution in [0.4, 0.5) is 0 Å². The van der Waals surface area contributed by atoms with Crippen LogP contribution in [-0.2, 0) is 4.79 Å². The minimum atomic E-state index is -0.426. The molecule has 0 radical (unpaired) electrons. The molecule has 0 aromatic carbocycles. The van der Waals surface area contributed by atoms with Gasteiger partial charge in [0.1, 0.15) is 0 Å². The second-order valence-corrected chi connectivity index (χ2v) is 4.03. The van der Waals surface area contributed by atoms with Crippen LogP contribution in [0.5, 0.6) is 0 Å². The molecule has 1 heterocycles. The van der Waals surface area contributed by atoms with Crippen molar-refractivity contribution in [1.82, 2.24) is 0 Å². The van der Waals surface area contributed by atoms with Crippen LogP contribution < -0.4 is 5.73 Å². The van der Waals surface area contributed by atoms with Gasteiger partial charge in [-0.05, 0) is 11.4 Å². The monoisotopic (exact) mass is 183 g/mol. The van der Waals surface area contributed by atoms with Crippen molar-refractivity contribution in [2.75, 3.05) is 0 Å². The highest BCUT2D eigenvalue weighted by Crippen LogP contribution is 2.19. The SMILES string of the molecule is CC(C)C(=O)C(N)c1cccs1. The molecule has 0 bridgehead atoms. The summed E-state index contributed by atoms with van der Waals surface area (Å²) in [4.78, 5) is 12.4. The van der Waals surface area contributed by atoms with Crippen molar-refractivity contribution >= 4 is 17.1 Å². The summed E-state index contributed by atoms with van der Waals surface area (Å²) in [5.74, 6) is 0.125. The highest BCUT2D eigenvalue weighted by molar-refractivity contribution is 7.10. The van der Waals surface area contributed by atoms with Crippen LogP contribution in [0.3, 0.4) is 0 Å². The Labute approximate surface area is 76.4 Å². The minimum Gasteiger partial charge on any atom is -0.317 e. The summed E-state index contributed by atoms with van der Waals surface area (Å²) >= 11 is 1.53. The van der Waals surface area contributed by atoms with Crippen molar-refractivity contribution in [2.24, 2.45) is 11.7 Å². The maximum Gasteiger partial charge on any atom is 0.157 e. The number of hydrogen-bond donors (Lipinski definition) is 1. The Hall–Kier alpha value is -0.670. The fourth-order valence-corrected chi connectivity index (χ4v) is 1.70. The van der Waals surface area contributed by atoms with Crippen LogP contribution in [0.1, 0.15) is 24.8 Å². The second kappa shape index (κ2) is 3.83. The molecule has 66 valence electrons. The van der Waals surface area contributed by atoms with Crippen molar-refractivity contribution in [3.63, 3.8) is 0 Å². The van der Waals surface area contributed by atoms with E-state index in [4.69, 9.17) is 5.73 Å². The van der Waals surface area contributed by atoms with E-state index in [2.05, 4.69) is 0 Å². The van der Waals surface area contributed by atoms with Gasteiger partial charge < -0.3 is 5.73 Å². The quantitative estimate of drug-likeness (QED) is 0.778. The van der Waals surface area contributed by atoms with Crippen LogP contribution in [0, 0.1) is 5.92 Å². The van der Waals surface area contributed by atoms with E-state index < -0.39 is 6.04 Å². The maximum atomic E-state index is 11.4. The largest absolute Gasteiger partial charge is 0.317 e. The van der Waals surface area contributed by atoms with Gasteiger partial charge >= 0.3 is 0 Å². The molecular weight excluding hydrogens is 170 g/mol. The molecule has 0 aliphatic heterocycles. The topological polar surface area (TPSA) is 43.1 Å². The van der Waals surface area contributed by atoms with E-state index in [0.717, 1.165) is 4.88 Å². The number of nitrogens with two attached hydrogens (primary N) is 1. The van der Waals surface area contributed by atoms with Crippen LogP contribution in [0.2, 0.25) is 0 Å². The standard InChI is InChI=1S/C9H13NOS/c1-6(2)9(11)8(10)7-4-3-5-12-7/h3-6,8H,10H2,1-2H3.